The van der Waals surface area contributed by atoms with Crippen LogP contribution in [0.4, 0.5) is 4.79 Å². The molecule has 0 aromatic heterocycles. The zero-order valence-electron chi connectivity index (χ0n) is 48.4. The molecule has 6 rings (SSSR count). The van der Waals surface area contributed by atoms with Crippen molar-refractivity contribution in [2.75, 3.05) is 20.7 Å². The number of likely N-dealkylation sites (tertiary alicyclic amines) is 1. The number of methoxy groups -OCH3 is 1. The average Bonchev–Trinajstić information content (AvgIpc) is 3.87. The number of aryl methyl sites for hydroxylation is 1. The number of esters is 1. The van der Waals surface area contributed by atoms with Crippen molar-refractivity contribution in [1.29, 1.82) is 0 Å². The summed E-state index contributed by atoms with van der Waals surface area (Å²) in [5.41, 5.74) is 2.90. The van der Waals surface area contributed by atoms with Crippen LogP contribution in [0.25, 0.3) is 0 Å². The number of carbonyl (C=O) groups excluding carboxylic acids is 8. The Morgan fingerprint density at radius 3 is 1.95 bits per heavy atom. The van der Waals surface area contributed by atoms with Crippen LogP contribution in [0.2, 0.25) is 0 Å². The van der Waals surface area contributed by atoms with E-state index in [1.165, 1.54) is 24.0 Å². The van der Waals surface area contributed by atoms with Crippen molar-refractivity contribution in [2.45, 2.75) is 188 Å². The number of hydrogen-bond acceptors (Lipinski definition) is 10. The van der Waals surface area contributed by atoms with Crippen LogP contribution in [-0.4, -0.2) is 125 Å². The van der Waals surface area contributed by atoms with Gasteiger partial charge in [0.1, 0.15) is 41.9 Å². The van der Waals surface area contributed by atoms with Crippen molar-refractivity contribution < 1.29 is 47.8 Å². The Labute approximate surface area is 461 Å². The molecular weight excluding hydrogens is 991 g/mol. The van der Waals surface area contributed by atoms with Gasteiger partial charge in [-0.3, -0.25) is 33.7 Å². The standard InChI is InChI=1S/C61H85N7O10/c1-15-36(2)51(69)64-49(59(4,5)6)55(73)67-34-42-31-40(28-29-41(42)32-47(67)54(72)63-46(57(75)77-14)30-38-22-17-16-18-23-38)43-33-48(53(71)62-45-27-21-25-39-24-19-20-26-44(39)45)68(35-43)56(74)50(60(7,8)9)65-52(70)37(3)66(13)58(76)78-61(10,11)12/h16-20,22-24,26,28-29,31,36-37,43,45-50H,15,21,25,27,30,32-35H2,1-14H3,(H,62,71)(H,63,72)(H,64,69)(H,65,70)/t36-,37+,43+,45?,46?,47+,48+,49-,50-/m1/s1. The summed E-state index contributed by atoms with van der Waals surface area (Å²) >= 11 is 0. The molecule has 0 bridgehead atoms. The highest BCUT2D eigenvalue weighted by Gasteiger charge is 2.48. The molecule has 9 atom stereocenters. The molecule has 17 nitrogen and oxygen atoms in total. The third-order valence-electron chi connectivity index (χ3n) is 15.6. The summed E-state index contributed by atoms with van der Waals surface area (Å²) in [6, 6.07) is 16.6. The average molecular weight is 1080 g/mol. The quantitative estimate of drug-likeness (QED) is 0.107. The van der Waals surface area contributed by atoms with E-state index in [1.807, 2.05) is 115 Å². The van der Waals surface area contributed by atoms with Gasteiger partial charge in [-0.15, -0.1) is 0 Å². The molecular formula is C61H85N7O10. The van der Waals surface area contributed by atoms with E-state index in [0.717, 1.165) is 52.6 Å². The summed E-state index contributed by atoms with van der Waals surface area (Å²) < 4.78 is 10.7. The Morgan fingerprint density at radius 1 is 0.718 bits per heavy atom. The highest BCUT2D eigenvalue weighted by Crippen LogP contribution is 2.38. The van der Waals surface area contributed by atoms with E-state index in [9.17, 15) is 28.8 Å². The molecule has 2 unspecified atom stereocenters. The molecule has 0 radical (unpaired) electrons. The van der Waals surface area contributed by atoms with Crippen molar-refractivity contribution in [3.63, 3.8) is 0 Å². The summed E-state index contributed by atoms with van der Waals surface area (Å²) in [7, 11) is 2.72. The van der Waals surface area contributed by atoms with Gasteiger partial charge in [-0.1, -0.05) is 128 Å². The lowest BCUT2D eigenvalue weighted by atomic mass is 9.83. The van der Waals surface area contributed by atoms with Gasteiger partial charge in [0.2, 0.25) is 35.4 Å². The van der Waals surface area contributed by atoms with E-state index >= 15 is 9.59 Å². The first-order valence-electron chi connectivity index (χ1n) is 27.6. The van der Waals surface area contributed by atoms with Crippen molar-refractivity contribution in [2.24, 2.45) is 16.7 Å². The third kappa shape index (κ3) is 14.7. The van der Waals surface area contributed by atoms with Crippen molar-refractivity contribution in [3.8, 4) is 0 Å². The number of fused-ring (bicyclic) bond motifs is 2. The number of amides is 7. The van der Waals surface area contributed by atoms with Crippen LogP contribution in [0.5, 0.6) is 0 Å². The second kappa shape index (κ2) is 24.9. The first kappa shape index (κ1) is 60.4. The van der Waals surface area contributed by atoms with Crippen LogP contribution in [0, 0.1) is 16.7 Å². The summed E-state index contributed by atoms with van der Waals surface area (Å²) in [6.07, 6.45) is 2.83. The van der Waals surface area contributed by atoms with Gasteiger partial charge in [0.15, 0.2) is 0 Å². The maximum absolute atomic E-state index is 15.3. The molecule has 7 amide bonds. The number of benzene rings is 3. The summed E-state index contributed by atoms with van der Waals surface area (Å²) in [5.74, 6) is -4.07. The fourth-order valence-corrected chi connectivity index (χ4v) is 10.5. The van der Waals surface area contributed by atoms with Gasteiger partial charge in [-0.25, -0.2) is 9.59 Å². The van der Waals surface area contributed by atoms with Gasteiger partial charge in [0, 0.05) is 44.8 Å². The van der Waals surface area contributed by atoms with Gasteiger partial charge in [-0.2, -0.15) is 0 Å². The number of rotatable bonds is 16. The van der Waals surface area contributed by atoms with Crippen LogP contribution in [0.3, 0.4) is 0 Å². The second-order valence-corrected chi connectivity index (χ2v) is 24.8. The van der Waals surface area contributed by atoms with E-state index in [4.69, 9.17) is 9.47 Å². The zero-order chi connectivity index (χ0) is 57.6. The molecule has 0 spiro atoms. The zero-order valence-corrected chi connectivity index (χ0v) is 48.4. The molecule has 0 saturated carbocycles. The largest absolute Gasteiger partial charge is 0.467 e. The molecule has 2 heterocycles. The molecule has 1 aliphatic carbocycles. The van der Waals surface area contributed by atoms with Crippen molar-refractivity contribution >= 4 is 47.5 Å². The van der Waals surface area contributed by atoms with Gasteiger partial charge in [0.05, 0.1) is 13.2 Å². The number of nitrogens with zero attached hydrogens (tertiary/aromatic N) is 3. The predicted octanol–water partition coefficient (Wildman–Crippen LogP) is 7.08. The van der Waals surface area contributed by atoms with Crippen LogP contribution >= 0.6 is 0 Å². The molecule has 1 fully saturated rings. The maximum atomic E-state index is 15.3. The van der Waals surface area contributed by atoms with Crippen LogP contribution in [-0.2, 0) is 68.8 Å². The minimum absolute atomic E-state index is 0.0259. The SMILES string of the molecule is CC[C@@H](C)C(=O)N[C@H](C(=O)N1Cc2cc([C@H]3C[C@@H](C(=O)NC4CCCc5ccccc54)N(C(=O)[C@@H](NC(=O)[C@H](C)N(C)C(=O)OC(C)(C)C)C(C)(C)C)C3)ccc2C[C@H]1C(=O)NC(Cc1ccccc1)C(=O)OC)C(C)(C)C. The molecule has 424 valence electrons. The van der Waals surface area contributed by atoms with E-state index in [2.05, 4.69) is 27.3 Å². The highest BCUT2D eigenvalue weighted by molar-refractivity contribution is 5.96. The fraction of sp³-hybridized carbons (Fsp3) is 0.574. The smallest absolute Gasteiger partial charge is 0.410 e. The lowest BCUT2D eigenvalue weighted by Crippen LogP contribution is -2.62. The molecule has 3 aromatic carbocycles. The van der Waals surface area contributed by atoms with Crippen molar-refractivity contribution in [1.82, 2.24) is 36.0 Å². The van der Waals surface area contributed by atoms with Crippen LogP contribution in [0.1, 0.15) is 154 Å². The molecule has 17 heteroatoms. The van der Waals surface area contributed by atoms with E-state index in [0.29, 0.717) is 6.42 Å². The van der Waals surface area contributed by atoms with Gasteiger partial charge in [-0.05, 0) is 104 Å². The summed E-state index contributed by atoms with van der Waals surface area (Å²) in [4.78, 5) is 118. The number of nitrogens with one attached hydrogen (secondary N) is 4. The lowest BCUT2D eigenvalue weighted by Gasteiger charge is -2.41. The van der Waals surface area contributed by atoms with Gasteiger partial charge < -0.3 is 40.5 Å². The Balaban J connectivity index is 1.36. The van der Waals surface area contributed by atoms with E-state index < -0.39 is 88.4 Å². The second-order valence-electron chi connectivity index (χ2n) is 24.8. The molecule has 1 saturated heterocycles. The third-order valence-corrected chi connectivity index (χ3v) is 15.6. The minimum atomic E-state index is -1.11. The summed E-state index contributed by atoms with van der Waals surface area (Å²) in [6.45, 7) is 21.6. The number of carbonyl (C=O) groups is 8. The Hall–Kier alpha value is -6.78. The number of likely N-dealkylation sites (N-methyl/N-ethyl adjacent to an activating group) is 1. The van der Waals surface area contributed by atoms with Crippen LogP contribution < -0.4 is 21.3 Å². The Morgan fingerprint density at radius 2 is 1.33 bits per heavy atom. The number of ether oxygens (including phenoxy) is 2. The predicted molar refractivity (Wildman–Crippen MR) is 297 cm³/mol. The summed E-state index contributed by atoms with van der Waals surface area (Å²) in [5, 5.41) is 12.2. The Bertz CT molecular complexity index is 2690. The van der Waals surface area contributed by atoms with E-state index in [-0.39, 0.29) is 62.0 Å². The van der Waals surface area contributed by atoms with E-state index in [1.54, 1.807) is 39.5 Å². The van der Waals surface area contributed by atoms with Gasteiger partial charge in [0.25, 0.3) is 0 Å². The van der Waals surface area contributed by atoms with Crippen LogP contribution in [0.15, 0.2) is 72.8 Å². The highest BCUT2D eigenvalue weighted by atomic mass is 16.6. The molecule has 3 aliphatic rings. The molecule has 4 N–H and O–H groups in total. The van der Waals surface area contributed by atoms with Gasteiger partial charge >= 0.3 is 12.1 Å². The monoisotopic (exact) mass is 1080 g/mol. The first-order chi connectivity index (χ1) is 36.5. The molecule has 78 heavy (non-hydrogen) atoms. The fourth-order valence-electron chi connectivity index (χ4n) is 10.5. The molecule has 2 aliphatic heterocycles. The lowest BCUT2D eigenvalue weighted by molar-refractivity contribution is -0.149. The normalized spacial score (nSPS) is 20.3. The minimum Gasteiger partial charge on any atom is -0.467 e. The van der Waals surface area contributed by atoms with Crippen molar-refractivity contribution in [3.05, 3.63) is 106 Å². The first-order valence-corrected chi connectivity index (χ1v) is 27.6. The topological polar surface area (TPSA) is 213 Å². The molecule has 3 aromatic rings. The maximum Gasteiger partial charge on any atom is 0.410 e. The Kier molecular flexibility index (Phi) is 19.3. The number of hydrogen-bond donors (Lipinski definition) is 4.